The number of benzene rings is 1. The molecule has 0 radical (unpaired) electrons. The lowest BCUT2D eigenvalue weighted by atomic mass is 9.80. The molecule has 1 saturated heterocycles. The van der Waals surface area contributed by atoms with Crippen molar-refractivity contribution in [3.63, 3.8) is 0 Å². The Hall–Kier alpha value is -2.04. The van der Waals surface area contributed by atoms with Gasteiger partial charge in [-0.05, 0) is 37.0 Å². The number of carbonyl (C=O) groups excluding carboxylic acids is 1. The Labute approximate surface area is 144 Å². The van der Waals surface area contributed by atoms with E-state index in [-0.39, 0.29) is 5.91 Å². The summed E-state index contributed by atoms with van der Waals surface area (Å²) in [5.41, 5.74) is 0.803. The summed E-state index contributed by atoms with van der Waals surface area (Å²) in [4.78, 5) is 26.0. The molecule has 6 nitrogen and oxygen atoms in total. The van der Waals surface area contributed by atoms with Crippen LogP contribution in [0.25, 0.3) is 0 Å². The van der Waals surface area contributed by atoms with E-state index >= 15 is 0 Å². The van der Waals surface area contributed by atoms with E-state index in [1.165, 1.54) is 0 Å². The van der Waals surface area contributed by atoms with Gasteiger partial charge in [0.1, 0.15) is 0 Å². The van der Waals surface area contributed by atoms with Gasteiger partial charge in [-0.15, -0.1) is 11.8 Å². The largest absolute Gasteiger partial charge is 0.480 e. The highest BCUT2D eigenvalue weighted by Gasteiger charge is 2.41. The molecular weight excluding hydrogens is 326 g/mol. The van der Waals surface area contributed by atoms with Gasteiger partial charge in [0.25, 0.3) is 0 Å². The van der Waals surface area contributed by atoms with Crippen LogP contribution in [0, 0.1) is 16.7 Å². The summed E-state index contributed by atoms with van der Waals surface area (Å²) in [6.07, 6.45) is 1.58. The van der Waals surface area contributed by atoms with Crippen molar-refractivity contribution >= 4 is 29.3 Å². The highest BCUT2D eigenvalue weighted by Crippen LogP contribution is 2.33. The second kappa shape index (κ2) is 6.83. The molecule has 0 spiro atoms. The van der Waals surface area contributed by atoms with Crippen molar-refractivity contribution in [1.82, 2.24) is 4.90 Å². The van der Waals surface area contributed by atoms with E-state index in [4.69, 9.17) is 5.26 Å². The number of hydrogen-bond donors (Lipinski definition) is 2. The summed E-state index contributed by atoms with van der Waals surface area (Å²) >= 11 is 1.55. The molecule has 0 unspecified atom stereocenters. The maximum absolute atomic E-state index is 11.5. The van der Waals surface area contributed by atoms with Gasteiger partial charge >= 0.3 is 5.97 Å². The quantitative estimate of drug-likeness (QED) is 0.866. The normalized spacial score (nSPS) is 19.9. The Kier molecular flexibility index (Phi) is 4.78. The third-order valence-corrected chi connectivity index (χ3v) is 5.80. The van der Waals surface area contributed by atoms with Crippen molar-refractivity contribution in [1.29, 1.82) is 5.26 Å². The Morgan fingerprint density at radius 1 is 1.42 bits per heavy atom. The van der Waals surface area contributed by atoms with Crippen LogP contribution in [0.1, 0.15) is 18.4 Å². The molecule has 24 heavy (non-hydrogen) atoms. The highest BCUT2D eigenvalue weighted by atomic mass is 32.2. The number of nitrogens with zero attached hydrogens (tertiary/aromatic N) is 2. The number of aliphatic carboxylic acids is 1. The minimum absolute atomic E-state index is 0.0298. The zero-order chi connectivity index (χ0) is 17.2. The van der Waals surface area contributed by atoms with Crippen LogP contribution in [0.4, 0.5) is 5.69 Å². The second-order valence-electron chi connectivity index (χ2n) is 6.26. The molecule has 1 amide bonds. The molecule has 7 heteroatoms. The van der Waals surface area contributed by atoms with Crippen LogP contribution >= 0.6 is 11.8 Å². The first-order chi connectivity index (χ1) is 11.5. The number of nitrogens with one attached hydrogen (secondary N) is 1. The average molecular weight is 345 g/mol. The fourth-order valence-electron chi connectivity index (χ4n) is 3.10. The fourth-order valence-corrected chi connectivity index (χ4v) is 3.89. The lowest BCUT2D eigenvalue weighted by Crippen LogP contribution is -2.44. The summed E-state index contributed by atoms with van der Waals surface area (Å²) < 4.78 is 0. The van der Waals surface area contributed by atoms with Crippen molar-refractivity contribution in [2.45, 2.75) is 24.2 Å². The number of carbonyl (C=O) groups is 2. The summed E-state index contributed by atoms with van der Waals surface area (Å²) in [6.45, 7) is 2.07. The van der Waals surface area contributed by atoms with Gasteiger partial charge in [-0.1, -0.05) is 6.07 Å². The first-order valence-electron chi connectivity index (χ1n) is 7.95. The number of likely N-dealkylation sites (tertiary alicyclic amines) is 1. The van der Waals surface area contributed by atoms with E-state index in [0.717, 1.165) is 29.1 Å². The van der Waals surface area contributed by atoms with E-state index in [1.54, 1.807) is 11.8 Å². The summed E-state index contributed by atoms with van der Waals surface area (Å²) in [5, 5.41) is 21.3. The molecule has 3 rings (SSSR count). The van der Waals surface area contributed by atoms with Crippen LogP contribution in [0.3, 0.4) is 0 Å². The fraction of sp³-hybridized carbons (Fsp3) is 0.471. The molecule has 0 aliphatic carbocycles. The molecule has 2 heterocycles. The minimum atomic E-state index is -1.22. The monoisotopic (exact) mass is 345 g/mol. The number of fused-ring (bicyclic) bond motifs is 1. The summed E-state index contributed by atoms with van der Waals surface area (Å²) in [6, 6.07) is 8.11. The molecule has 1 aromatic rings. The van der Waals surface area contributed by atoms with Crippen molar-refractivity contribution in [3.05, 3.63) is 23.8 Å². The zero-order valence-corrected chi connectivity index (χ0v) is 14.1. The number of thioether (sulfide) groups is 1. The Bertz CT molecular complexity index is 706. The minimum Gasteiger partial charge on any atom is -0.480 e. The van der Waals surface area contributed by atoms with E-state index < -0.39 is 11.4 Å². The molecule has 126 valence electrons. The van der Waals surface area contributed by atoms with Crippen LogP contribution in [-0.4, -0.2) is 47.3 Å². The molecule has 0 saturated carbocycles. The van der Waals surface area contributed by atoms with E-state index in [0.29, 0.717) is 31.7 Å². The van der Waals surface area contributed by atoms with Crippen molar-refractivity contribution in [2.24, 2.45) is 5.41 Å². The molecule has 0 atom stereocenters. The Balaban J connectivity index is 1.56. The maximum Gasteiger partial charge on any atom is 0.324 e. The van der Waals surface area contributed by atoms with Crippen LogP contribution in [0.2, 0.25) is 0 Å². The average Bonchev–Trinajstić information content (AvgIpc) is 2.59. The lowest BCUT2D eigenvalue weighted by molar-refractivity contribution is -0.147. The number of rotatable bonds is 4. The van der Waals surface area contributed by atoms with Crippen molar-refractivity contribution in [3.8, 4) is 6.07 Å². The number of hydrogen-bond acceptors (Lipinski definition) is 5. The maximum atomic E-state index is 11.5. The smallest absolute Gasteiger partial charge is 0.324 e. The number of anilines is 1. The van der Waals surface area contributed by atoms with E-state index in [9.17, 15) is 14.7 Å². The van der Waals surface area contributed by atoms with Gasteiger partial charge in [-0.3, -0.25) is 9.59 Å². The van der Waals surface area contributed by atoms with Gasteiger partial charge in [0.15, 0.2) is 5.41 Å². The Morgan fingerprint density at radius 2 is 2.17 bits per heavy atom. The number of amides is 1. The van der Waals surface area contributed by atoms with Gasteiger partial charge in [-0.2, -0.15) is 5.26 Å². The van der Waals surface area contributed by atoms with Gasteiger partial charge in [0, 0.05) is 24.5 Å². The molecular formula is C17H19N3O3S. The molecule has 0 bridgehead atoms. The van der Waals surface area contributed by atoms with Crippen LogP contribution < -0.4 is 5.32 Å². The second-order valence-corrected chi connectivity index (χ2v) is 7.28. The number of carboxylic acid groups (broad SMARTS) is 1. The van der Waals surface area contributed by atoms with Crippen LogP contribution in [0.15, 0.2) is 23.1 Å². The number of nitriles is 1. The number of carboxylic acids is 1. The first-order valence-corrected chi connectivity index (χ1v) is 8.93. The molecule has 2 aliphatic heterocycles. The van der Waals surface area contributed by atoms with Crippen molar-refractivity contribution in [2.75, 3.05) is 30.7 Å². The third kappa shape index (κ3) is 3.40. The van der Waals surface area contributed by atoms with E-state index in [1.807, 2.05) is 18.2 Å². The predicted molar refractivity (Wildman–Crippen MR) is 90.9 cm³/mol. The predicted octanol–water partition coefficient (Wildman–Crippen LogP) is 1.96. The van der Waals surface area contributed by atoms with Gasteiger partial charge in [0.2, 0.25) is 5.91 Å². The molecule has 2 aliphatic rings. The zero-order valence-electron chi connectivity index (χ0n) is 13.2. The number of piperidine rings is 1. The standard InChI is InChI=1S/C17H19N3O3S/c18-11-17(16(22)23)4-7-20(8-5-17)6-3-12-1-2-14-13(9-12)19-15(21)10-24-14/h1-2,9H,3-8,10H2,(H,19,21)(H,22,23). The van der Waals surface area contributed by atoms with Gasteiger partial charge in [0.05, 0.1) is 17.5 Å². The molecule has 1 fully saturated rings. The molecule has 2 N–H and O–H groups in total. The van der Waals surface area contributed by atoms with Crippen molar-refractivity contribution < 1.29 is 14.7 Å². The van der Waals surface area contributed by atoms with Gasteiger partial charge < -0.3 is 15.3 Å². The summed E-state index contributed by atoms with van der Waals surface area (Å²) in [7, 11) is 0. The van der Waals surface area contributed by atoms with Crippen LogP contribution in [0.5, 0.6) is 0 Å². The SMILES string of the molecule is N#CC1(C(=O)O)CCN(CCc2ccc3c(c2)NC(=O)CS3)CC1. The highest BCUT2D eigenvalue weighted by molar-refractivity contribution is 8.00. The third-order valence-electron chi connectivity index (χ3n) is 4.73. The first kappa shape index (κ1) is 16.8. The topological polar surface area (TPSA) is 93.4 Å². The van der Waals surface area contributed by atoms with E-state index in [2.05, 4.69) is 16.3 Å². The van der Waals surface area contributed by atoms with Gasteiger partial charge in [-0.25, -0.2) is 0 Å². The van der Waals surface area contributed by atoms with Crippen LogP contribution in [-0.2, 0) is 16.0 Å². The lowest BCUT2D eigenvalue weighted by Gasteiger charge is -2.34. The summed E-state index contributed by atoms with van der Waals surface area (Å²) in [5.74, 6) is -0.514. The molecule has 0 aromatic heterocycles. The molecule has 1 aromatic carbocycles. The Morgan fingerprint density at radius 3 is 2.83 bits per heavy atom.